The maximum Gasteiger partial charge on any atom is 0.416 e. The van der Waals surface area contributed by atoms with Crippen molar-refractivity contribution in [1.82, 2.24) is 4.98 Å². The first-order valence-corrected chi connectivity index (χ1v) is 6.20. The quantitative estimate of drug-likeness (QED) is 0.943. The van der Waals surface area contributed by atoms with Gasteiger partial charge >= 0.3 is 6.18 Å². The Morgan fingerprint density at radius 2 is 2.16 bits per heavy atom. The van der Waals surface area contributed by atoms with Crippen LogP contribution in [0.2, 0.25) is 0 Å². The molecule has 0 saturated carbocycles. The van der Waals surface area contributed by atoms with E-state index in [-0.39, 0.29) is 5.56 Å². The van der Waals surface area contributed by atoms with E-state index in [0.717, 1.165) is 18.5 Å². The van der Waals surface area contributed by atoms with Crippen LogP contribution in [0, 0.1) is 0 Å². The van der Waals surface area contributed by atoms with Crippen LogP contribution in [0.5, 0.6) is 5.75 Å². The topological polar surface area (TPSA) is 48.1 Å². The summed E-state index contributed by atoms with van der Waals surface area (Å²) in [4.78, 5) is 4.32. The number of nitrogens with zero attached hydrogens (tertiary/aromatic N) is 1. The standard InChI is InChI=1S/C12H11F3N2OS/c1-18-7-4-10(19-6-7)11(16)8-5-17-3-2-9(8)12(13,14)15/h2-6,11H,16H2,1H3. The zero-order valence-electron chi connectivity index (χ0n) is 9.94. The molecule has 0 radical (unpaired) electrons. The van der Waals surface area contributed by atoms with Crippen LogP contribution in [0.3, 0.4) is 0 Å². The Morgan fingerprint density at radius 1 is 1.42 bits per heavy atom. The van der Waals surface area contributed by atoms with Gasteiger partial charge in [-0.2, -0.15) is 13.2 Å². The molecule has 1 unspecified atom stereocenters. The van der Waals surface area contributed by atoms with Crippen LogP contribution in [0.1, 0.15) is 22.0 Å². The van der Waals surface area contributed by atoms with Crippen molar-refractivity contribution < 1.29 is 17.9 Å². The summed E-state index contributed by atoms with van der Waals surface area (Å²) in [7, 11) is 1.49. The highest BCUT2D eigenvalue weighted by Crippen LogP contribution is 2.37. The molecule has 0 aliphatic heterocycles. The zero-order valence-corrected chi connectivity index (χ0v) is 10.8. The summed E-state index contributed by atoms with van der Waals surface area (Å²) in [6.45, 7) is 0. The van der Waals surface area contributed by atoms with Gasteiger partial charge in [-0.25, -0.2) is 0 Å². The Morgan fingerprint density at radius 3 is 2.74 bits per heavy atom. The van der Waals surface area contributed by atoms with Gasteiger partial charge in [-0.1, -0.05) is 0 Å². The number of hydrogen-bond donors (Lipinski definition) is 1. The molecule has 2 aromatic rings. The van der Waals surface area contributed by atoms with Crippen molar-refractivity contribution in [2.45, 2.75) is 12.2 Å². The molecular formula is C12H11F3N2OS. The van der Waals surface area contributed by atoms with Crippen LogP contribution >= 0.6 is 11.3 Å². The summed E-state index contributed by atoms with van der Waals surface area (Å²) >= 11 is 1.25. The fourth-order valence-corrected chi connectivity index (χ4v) is 2.54. The van der Waals surface area contributed by atoms with E-state index in [1.54, 1.807) is 11.4 Å². The van der Waals surface area contributed by atoms with E-state index < -0.39 is 17.8 Å². The molecule has 0 bridgehead atoms. The van der Waals surface area contributed by atoms with E-state index in [1.807, 2.05) is 0 Å². The van der Waals surface area contributed by atoms with Gasteiger partial charge in [0.2, 0.25) is 0 Å². The first-order valence-electron chi connectivity index (χ1n) is 5.32. The number of nitrogens with two attached hydrogens (primary N) is 1. The molecule has 3 nitrogen and oxygen atoms in total. The lowest BCUT2D eigenvalue weighted by Gasteiger charge is -2.16. The van der Waals surface area contributed by atoms with Gasteiger partial charge in [0.25, 0.3) is 0 Å². The van der Waals surface area contributed by atoms with Crippen LogP contribution < -0.4 is 10.5 Å². The highest BCUT2D eigenvalue weighted by Gasteiger charge is 2.35. The number of hydrogen-bond acceptors (Lipinski definition) is 4. The molecule has 2 aromatic heterocycles. The maximum absolute atomic E-state index is 12.9. The summed E-state index contributed by atoms with van der Waals surface area (Å²) < 4.78 is 43.7. The molecule has 0 aliphatic carbocycles. The molecule has 0 spiro atoms. The van der Waals surface area contributed by atoms with Gasteiger partial charge in [-0.3, -0.25) is 4.98 Å². The number of methoxy groups -OCH3 is 1. The lowest BCUT2D eigenvalue weighted by atomic mass is 10.0. The Hall–Kier alpha value is -1.60. The summed E-state index contributed by atoms with van der Waals surface area (Å²) in [5, 5.41) is 1.69. The van der Waals surface area contributed by atoms with Gasteiger partial charge in [0.1, 0.15) is 5.75 Å². The van der Waals surface area contributed by atoms with Crippen molar-refractivity contribution in [2.75, 3.05) is 7.11 Å². The minimum absolute atomic E-state index is 0.0421. The first-order chi connectivity index (χ1) is 8.93. The van der Waals surface area contributed by atoms with Crippen LogP contribution in [0.4, 0.5) is 13.2 Å². The fraction of sp³-hybridized carbons (Fsp3) is 0.250. The third-order valence-electron chi connectivity index (χ3n) is 2.63. The second kappa shape index (κ2) is 5.18. The first kappa shape index (κ1) is 13.8. The lowest BCUT2D eigenvalue weighted by molar-refractivity contribution is -0.138. The van der Waals surface area contributed by atoms with Gasteiger partial charge in [0, 0.05) is 28.2 Å². The molecule has 102 valence electrons. The Bertz CT molecular complexity index is 568. The van der Waals surface area contributed by atoms with Gasteiger partial charge in [-0.05, 0) is 12.1 Å². The van der Waals surface area contributed by atoms with Crippen LogP contribution in [0.25, 0.3) is 0 Å². The van der Waals surface area contributed by atoms with Gasteiger partial charge in [0.05, 0.1) is 18.7 Å². The number of ether oxygens (including phenoxy) is 1. The minimum Gasteiger partial charge on any atom is -0.496 e. The third kappa shape index (κ3) is 2.87. The van der Waals surface area contributed by atoms with Crippen molar-refractivity contribution in [1.29, 1.82) is 0 Å². The normalized spacial score (nSPS) is 13.3. The largest absolute Gasteiger partial charge is 0.496 e. The highest BCUT2D eigenvalue weighted by molar-refractivity contribution is 7.10. The van der Waals surface area contributed by atoms with E-state index >= 15 is 0 Å². The number of aromatic nitrogens is 1. The molecule has 0 aliphatic rings. The van der Waals surface area contributed by atoms with Crippen molar-refractivity contribution in [3.05, 3.63) is 45.9 Å². The van der Waals surface area contributed by atoms with Crippen molar-refractivity contribution >= 4 is 11.3 Å². The molecular weight excluding hydrogens is 277 g/mol. The van der Waals surface area contributed by atoms with E-state index in [9.17, 15) is 13.2 Å². The predicted octanol–water partition coefficient (Wildman–Crippen LogP) is 3.22. The SMILES string of the molecule is COc1csc(C(N)c2cnccc2C(F)(F)F)c1. The lowest BCUT2D eigenvalue weighted by Crippen LogP contribution is -2.18. The van der Waals surface area contributed by atoms with E-state index in [1.165, 1.54) is 18.4 Å². The highest BCUT2D eigenvalue weighted by atomic mass is 32.1. The average molecular weight is 288 g/mol. The van der Waals surface area contributed by atoms with Crippen LogP contribution in [-0.4, -0.2) is 12.1 Å². The van der Waals surface area contributed by atoms with E-state index in [4.69, 9.17) is 10.5 Å². The molecule has 1 atom stereocenters. The molecule has 2 heterocycles. The van der Waals surface area contributed by atoms with Crippen molar-refractivity contribution in [3.63, 3.8) is 0 Å². The maximum atomic E-state index is 12.9. The number of pyridine rings is 1. The monoisotopic (exact) mass is 288 g/mol. The molecule has 0 aromatic carbocycles. The van der Waals surface area contributed by atoms with Gasteiger partial charge in [0.15, 0.2) is 0 Å². The summed E-state index contributed by atoms with van der Waals surface area (Å²) in [6, 6.07) is 1.68. The second-order valence-corrected chi connectivity index (χ2v) is 4.77. The smallest absolute Gasteiger partial charge is 0.416 e. The Kier molecular flexibility index (Phi) is 3.77. The number of rotatable bonds is 3. The van der Waals surface area contributed by atoms with Crippen LogP contribution in [-0.2, 0) is 6.18 Å². The number of thiophene rings is 1. The van der Waals surface area contributed by atoms with Gasteiger partial charge < -0.3 is 10.5 Å². The minimum atomic E-state index is -4.45. The summed E-state index contributed by atoms with van der Waals surface area (Å²) in [5.41, 5.74) is 5.09. The van der Waals surface area contributed by atoms with Crippen LogP contribution in [0.15, 0.2) is 29.9 Å². The van der Waals surface area contributed by atoms with E-state index in [2.05, 4.69) is 4.98 Å². The van der Waals surface area contributed by atoms with E-state index in [0.29, 0.717) is 10.6 Å². The predicted molar refractivity (Wildman–Crippen MR) is 66.1 cm³/mol. The molecule has 2 N–H and O–H groups in total. The molecule has 2 rings (SSSR count). The van der Waals surface area contributed by atoms with Crippen molar-refractivity contribution in [3.8, 4) is 5.75 Å². The zero-order chi connectivity index (χ0) is 14.0. The fourth-order valence-electron chi connectivity index (χ4n) is 1.67. The summed E-state index contributed by atoms with van der Waals surface area (Å²) in [6.07, 6.45) is -2.19. The second-order valence-electron chi connectivity index (χ2n) is 3.83. The Labute approximate surface area is 111 Å². The molecule has 19 heavy (non-hydrogen) atoms. The summed E-state index contributed by atoms with van der Waals surface area (Å²) in [5.74, 6) is 0.577. The average Bonchev–Trinajstić information content (AvgIpc) is 2.85. The number of alkyl halides is 3. The third-order valence-corrected chi connectivity index (χ3v) is 3.62. The Balaban J connectivity index is 2.41. The molecule has 0 fully saturated rings. The molecule has 7 heteroatoms. The molecule has 0 amide bonds. The number of halogens is 3. The van der Waals surface area contributed by atoms with Gasteiger partial charge in [-0.15, -0.1) is 11.3 Å². The van der Waals surface area contributed by atoms with Crippen molar-refractivity contribution in [2.24, 2.45) is 5.73 Å². The molecule has 0 saturated heterocycles.